The van der Waals surface area contributed by atoms with Crippen LogP contribution in [0.4, 0.5) is 0 Å². The van der Waals surface area contributed by atoms with Crippen molar-refractivity contribution in [2.24, 2.45) is 5.73 Å². The van der Waals surface area contributed by atoms with Gasteiger partial charge in [0.2, 0.25) is 17.7 Å². The number of amides is 3. The fraction of sp³-hybridized carbons (Fsp3) is 0.455. The molecule has 0 aliphatic carbocycles. The van der Waals surface area contributed by atoms with E-state index in [1.807, 2.05) is 12.1 Å². The van der Waals surface area contributed by atoms with Crippen LogP contribution in [0.25, 0.3) is 10.9 Å². The quantitative estimate of drug-likeness (QED) is 0.150. The number of fused-ring (bicyclic) bond motifs is 1. The number of H-pyrrole nitrogens is 1. The monoisotopic (exact) mass is 493 g/mol. The third kappa shape index (κ3) is 7.23. The van der Waals surface area contributed by atoms with Crippen molar-refractivity contribution in [3.05, 3.63) is 36.0 Å². The van der Waals surface area contributed by atoms with Crippen molar-refractivity contribution in [3.63, 3.8) is 0 Å². The van der Waals surface area contributed by atoms with E-state index in [-0.39, 0.29) is 6.42 Å². The molecule has 192 valence electrons. The minimum Gasteiger partial charge on any atom is -0.480 e. The standard InChI is InChI=1S/C22H31N5O8/c1-10(29)17(23)20(32)27-18(11(2)30)21(33)26-16(9-28)19(31)25-15(22(34)35)7-12-8-24-14-6-4-3-5-13(12)14/h3-6,8,10-11,15-18,24,28-30H,7,9,23H2,1-2H3,(H,25,31)(H,26,33)(H,27,32)(H,34,35). The number of aromatic amines is 1. The van der Waals surface area contributed by atoms with E-state index in [0.29, 0.717) is 5.56 Å². The summed E-state index contributed by atoms with van der Waals surface area (Å²) in [4.78, 5) is 52.1. The van der Waals surface area contributed by atoms with Gasteiger partial charge in [-0.25, -0.2) is 4.79 Å². The second kappa shape index (κ2) is 12.3. The van der Waals surface area contributed by atoms with E-state index in [4.69, 9.17) is 5.73 Å². The van der Waals surface area contributed by atoms with E-state index in [1.165, 1.54) is 13.8 Å². The van der Waals surface area contributed by atoms with Gasteiger partial charge >= 0.3 is 5.97 Å². The maximum atomic E-state index is 12.7. The number of para-hydroxylation sites is 1. The zero-order chi connectivity index (χ0) is 26.3. The molecule has 6 atom stereocenters. The Balaban J connectivity index is 2.09. The third-order valence-electron chi connectivity index (χ3n) is 5.41. The highest BCUT2D eigenvalue weighted by molar-refractivity contribution is 5.94. The first-order valence-electron chi connectivity index (χ1n) is 10.9. The summed E-state index contributed by atoms with van der Waals surface area (Å²) in [7, 11) is 0. The van der Waals surface area contributed by atoms with Crippen molar-refractivity contribution in [1.29, 1.82) is 0 Å². The van der Waals surface area contributed by atoms with Crippen LogP contribution in [0, 0.1) is 0 Å². The molecule has 35 heavy (non-hydrogen) atoms. The minimum atomic E-state index is -1.57. The smallest absolute Gasteiger partial charge is 0.326 e. The maximum absolute atomic E-state index is 12.7. The van der Waals surface area contributed by atoms with Crippen molar-refractivity contribution in [2.75, 3.05) is 6.61 Å². The summed E-state index contributed by atoms with van der Waals surface area (Å²) in [6.45, 7) is 1.59. The number of hydrogen-bond acceptors (Lipinski definition) is 8. The molecule has 0 aliphatic rings. The predicted molar refractivity (Wildman–Crippen MR) is 124 cm³/mol. The van der Waals surface area contributed by atoms with Crippen LogP contribution >= 0.6 is 0 Å². The number of nitrogens with one attached hydrogen (secondary N) is 4. The Morgan fingerprint density at radius 3 is 2.14 bits per heavy atom. The molecule has 13 heteroatoms. The van der Waals surface area contributed by atoms with Crippen molar-refractivity contribution in [1.82, 2.24) is 20.9 Å². The molecular weight excluding hydrogens is 462 g/mol. The number of aliphatic hydroxyl groups is 3. The lowest BCUT2D eigenvalue weighted by Gasteiger charge is -2.26. The highest BCUT2D eigenvalue weighted by Crippen LogP contribution is 2.19. The molecule has 3 amide bonds. The number of aliphatic hydroxyl groups excluding tert-OH is 3. The van der Waals surface area contributed by atoms with E-state index >= 15 is 0 Å². The Kier molecular flexibility index (Phi) is 9.71. The molecule has 0 radical (unpaired) electrons. The number of carboxylic acid groups (broad SMARTS) is 1. The van der Waals surface area contributed by atoms with Crippen LogP contribution in [0.2, 0.25) is 0 Å². The topological polar surface area (TPSA) is 227 Å². The highest BCUT2D eigenvalue weighted by atomic mass is 16.4. The molecule has 10 N–H and O–H groups in total. The number of aliphatic carboxylic acids is 1. The summed E-state index contributed by atoms with van der Waals surface area (Å²) in [6.07, 6.45) is -1.09. The number of nitrogens with two attached hydrogens (primary N) is 1. The van der Waals surface area contributed by atoms with Gasteiger partial charge in [0.05, 0.1) is 18.8 Å². The number of hydrogen-bond donors (Lipinski definition) is 9. The molecule has 0 aliphatic heterocycles. The molecule has 0 saturated carbocycles. The SMILES string of the molecule is CC(O)C(N)C(=O)NC(C(=O)NC(CO)C(=O)NC(Cc1c[nH]c2ccccc12)C(=O)O)C(C)O. The highest BCUT2D eigenvalue weighted by Gasteiger charge is 2.33. The fourth-order valence-corrected chi connectivity index (χ4v) is 3.32. The molecule has 0 spiro atoms. The lowest BCUT2D eigenvalue weighted by molar-refractivity contribution is -0.142. The second-order valence-corrected chi connectivity index (χ2v) is 8.20. The van der Waals surface area contributed by atoms with Gasteiger partial charge in [0.15, 0.2) is 0 Å². The summed E-state index contributed by atoms with van der Waals surface area (Å²) >= 11 is 0. The molecule has 13 nitrogen and oxygen atoms in total. The zero-order valence-electron chi connectivity index (χ0n) is 19.3. The number of aromatic nitrogens is 1. The average molecular weight is 494 g/mol. The zero-order valence-corrected chi connectivity index (χ0v) is 19.3. The average Bonchev–Trinajstić information content (AvgIpc) is 3.21. The van der Waals surface area contributed by atoms with Crippen LogP contribution in [0.3, 0.4) is 0 Å². The van der Waals surface area contributed by atoms with Gasteiger partial charge < -0.3 is 47.1 Å². The Hall–Kier alpha value is -3.52. The first-order chi connectivity index (χ1) is 16.5. The molecule has 2 rings (SSSR count). The van der Waals surface area contributed by atoms with Crippen molar-refractivity contribution in [3.8, 4) is 0 Å². The Labute approximate surface area is 200 Å². The third-order valence-corrected chi connectivity index (χ3v) is 5.41. The molecule has 1 heterocycles. The number of carbonyl (C=O) groups is 4. The van der Waals surface area contributed by atoms with E-state index in [2.05, 4.69) is 20.9 Å². The molecule has 1 aromatic heterocycles. The lowest BCUT2D eigenvalue weighted by atomic mass is 10.0. The largest absolute Gasteiger partial charge is 0.480 e. The summed E-state index contributed by atoms with van der Waals surface area (Å²) in [5, 5.41) is 46.0. The van der Waals surface area contributed by atoms with Gasteiger partial charge in [0.25, 0.3) is 0 Å². The summed E-state index contributed by atoms with van der Waals surface area (Å²) in [6, 6.07) is 1.34. The predicted octanol–water partition coefficient (Wildman–Crippen LogP) is -2.67. The number of rotatable bonds is 12. The Morgan fingerprint density at radius 1 is 0.943 bits per heavy atom. The van der Waals surface area contributed by atoms with Gasteiger partial charge in [0, 0.05) is 23.5 Å². The van der Waals surface area contributed by atoms with Crippen LogP contribution in [0.15, 0.2) is 30.5 Å². The molecule has 6 unspecified atom stereocenters. The van der Waals surface area contributed by atoms with E-state index in [1.54, 1.807) is 18.3 Å². The first kappa shape index (κ1) is 27.7. The fourth-order valence-electron chi connectivity index (χ4n) is 3.32. The van der Waals surface area contributed by atoms with Crippen LogP contribution < -0.4 is 21.7 Å². The number of carboxylic acids is 1. The van der Waals surface area contributed by atoms with Gasteiger partial charge in [-0.2, -0.15) is 0 Å². The Bertz CT molecular complexity index is 1050. The molecule has 0 bridgehead atoms. The van der Waals surface area contributed by atoms with Crippen LogP contribution in [-0.4, -0.2) is 92.1 Å². The normalized spacial score (nSPS) is 16.4. The van der Waals surface area contributed by atoms with Crippen molar-refractivity contribution in [2.45, 2.75) is 56.6 Å². The van der Waals surface area contributed by atoms with Crippen molar-refractivity contribution < 1.29 is 39.6 Å². The second-order valence-electron chi connectivity index (χ2n) is 8.20. The summed E-state index contributed by atoms with van der Waals surface area (Å²) < 4.78 is 0. The maximum Gasteiger partial charge on any atom is 0.326 e. The summed E-state index contributed by atoms with van der Waals surface area (Å²) in [5.41, 5.74) is 6.95. The van der Waals surface area contributed by atoms with Gasteiger partial charge in [-0.05, 0) is 25.5 Å². The lowest BCUT2D eigenvalue weighted by Crippen LogP contribution is -2.61. The minimum absolute atomic E-state index is 0.0687. The molecule has 0 fully saturated rings. The number of carbonyl (C=O) groups excluding carboxylic acids is 3. The van der Waals surface area contributed by atoms with Gasteiger partial charge in [-0.3, -0.25) is 14.4 Å². The number of benzene rings is 1. The Morgan fingerprint density at radius 2 is 1.57 bits per heavy atom. The van der Waals surface area contributed by atoms with Gasteiger partial charge in [-0.1, -0.05) is 18.2 Å². The molecule has 2 aromatic rings. The van der Waals surface area contributed by atoms with E-state index in [9.17, 15) is 39.6 Å². The first-order valence-corrected chi connectivity index (χ1v) is 10.9. The molecule has 1 aromatic carbocycles. The van der Waals surface area contributed by atoms with Crippen LogP contribution in [0.5, 0.6) is 0 Å². The molecular formula is C22H31N5O8. The van der Waals surface area contributed by atoms with Crippen LogP contribution in [0.1, 0.15) is 19.4 Å². The molecule has 0 saturated heterocycles. The van der Waals surface area contributed by atoms with Crippen molar-refractivity contribution >= 4 is 34.6 Å². The van der Waals surface area contributed by atoms with Gasteiger partial charge in [-0.15, -0.1) is 0 Å². The van der Waals surface area contributed by atoms with Crippen LogP contribution in [-0.2, 0) is 25.6 Å². The van der Waals surface area contributed by atoms with E-state index < -0.39 is 66.7 Å². The van der Waals surface area contributed by atoms with E-state index in [0.717, 1.165) is 10.9 Å². The summed E-state index contributed by atoms with van der Waals surface area (Å²) in [5.74, 6) is -4.25. The van der Waals surface area contributed by atoms with Gasteiger partial charge in [0.1, 0.15) is 24.2 Å².